The summed E-state index contributed by atoms with van der Waals surface area (Å²) in [4.78, 5) is 41.4. The number of rotatable bonds is 2. The first kappa shape index (κ1) is 12.8. The highest BCUT2D eigenvalue weighted by Crippen LogP contribution is 2.38. The van der Waals surface area contributed by atoms with Crippen molar-refractivity contribution in [1.82, 2.24) is 9.88 Å². The monoisotopic (exact) mass is 274 g/mol. The summed E-state index contributed by atoms with van der Waals surface area (Å²) in [6, 6.07) is 3.09. The number of carboxylic acids is 1. The Hall–Kier alpha value is -2.24. The highest BCUT2D eigenvalue weighted by molar-refractivity contribution is 6.22. The van der Waals surface area contributed by atoms with E-state index in [1.54, 1.807) is 6.07 Å². The first-order valence-corrected chi connectivity index (χ1v) is 6.65. The number of carbonyl (C=O) groups is 3. The minimum atomic E-state index is -1.41. The molecule has 1 aromatic rings. The lowest BCUT2D eigenvalue weighted by atomic mass is 9.80. The largest absolute Gasteiger partial charge is 0.479 e. The van der Waals surface area contributed by atoms with Crippen molar-refractivity contribution < 1.29 is 19.5 Å². The molecule has 0 unspecified atom stereocenters. The molecule has 0 atom stereocenters. The van der Waals surface area contributed by atoms with Crippen LogP contribution in [0.3, 0.4) is 0 Å². The number of aromatic nitrogens is 1. The second-order valence-electron chi connectivity index (χ2n) is 5.24. The van der Waals surface area contributed by atoms with Crippen molar-refractivity contribution in [2.75, 3.05) is 0 Å². The molecular weight excluding hydrogens is 260 g/mol. The number of hydrogen-bond donors (Lipinski definition) is 1. The third-order valence-electron chi connectivity index (χ3n) is 4.15. The topological polar surface area (TPSA) is 87.6 Å². The van der Waals surface area contributed by atoms with E-state index >= 15 is 0 Å². The Bertz CT molecular complexity index is 570. The van der Waals surface area contributed by atoms with E-state index in [2.05, 4.69) is 4.98 Å². The van der Waals surface area contributed by atoms with Gasteiger partial charge < -0.3 is 5.11 Å². The minimum absolute atomic E-state index is 0.0590. The van der Waals surface area contributed by atoms with Crippen LogP contribution in [0.25, 0.3) is 0 Å². The van der Waals surface area contributed by atoms with Crippen molar-refractivity contribution in [1.29, 1.82) is 0 Å². The zero-order chi connectivity index (χ0) is 14.3. The number of fused-ring (bicyclic) bond motifs is 1. The van der Waals surface area contributed by atoms with E-state index in [1.165, 1.54) is 12.3 Å². The molecular formula is C14H14N2O4. The summed E-state index contributed by atoms with van der Waals surface area (Å²) in [5.41, 5.74) is -1.15. The van der Waals surface area contributed by atoms with Crippen LogP contribution in [0, 0.1) is 0 Å². The van der Waals surface area contributed by atoms with Gasteiger partial charge in [-0.25, -0.2) is 4.79 Å². The average Bonchev–Trinajstić information content (AvgIpc) is 2.72. The van der Waals surface area contributed by atoms with Gasteiger partial charge in [-0.1, -0.05) is 19.3 Å². The van der Waals surface area contributed by atoms with Crippen LogP contribution in [-0.2, 0) is 4.79 Å². The zero-order valence-corrected chi connectivity index (χ0v) is 10.8. The number of carbonyl (C=O) groups excluding carboxylic acids is 2. The van der Waals surface area contributed by atoms with E-state index < -0.39 is 23.3 Å². The summed E-state index contributed by atoms with van der Waals surface area (Å²) in [5.74, 6) is -2.23. The Morgan fingerprint density at radius 1 is 1.20 bits per heavy atom. The van der Waals surface area contributed by atoms with E-state index in [0.717, 1.165) is 11.3 Å². The van der Waals surface area contributed by atoms with Gasteiger partial charge >= 0.3 is 5.97 Å². The van der Waals surface area contributed by atoms with Gasteiger partial charge in [-0.2, -0.15) is 0 Å². The lowest BCUT2D eigenvalue weighted by Gasteiger charge is -2.39. The van der Waals surface area contributed by atoms with Gasteiger partial charge in [-0.3, -0.25) is 19.5 Å². The fraction of sp³-hybridized carbons (Fsp3) is 0.429. The highest BCUT2D eigenvalue weighted by Gasteiger charge is 2.54. The predicted molar refractivity (Wildman–Crippen MR) is 68.2 cm³/mol. The van der Waals surface area contributed by atoms with Crippen molar-refractivity contribution in [3.8, 4) is 0 Å². The lowest BCUT2D eigenvalue weighted by molar-refractivity contribution is -0.150. The van der Waals surface area contributed by atoms with E-state index in [0.29, 0.717) is 25.7 Å². The smallest absolute Gasteiger partial charge is 0.330 e. The fourth-order valence-electron chi connectivity index (χ4n) is 3.13. The summed E-state index contributed by atoms with van der Waals surface area (Å²) in [6.07, 6.45) is 4.39. The fourth-order valence-corrected chi connectivity index (χ4v) is 3.13. The molecule has 1 aliphatic carbocycles. The molecule has 0 aromatic carbocycles. The third-order valence-corrected chi connectivity index (χ3v) is 4.15. The van der Waals surface area contributed by atoms with Gasteiger partial charge in [-0.05, 0) is 25.0 Å². The molecule has 20 heavy (non-hydrogen) atoms. The molecule has 0 radical (unpaired) electrons. The lowest BCUT2D eigenvalue weighted by Crippen LogP contribution is -2.58. The molecule has 2 amide bonds. The van der Waals surface area contributed by atoms with Crippen LogP contribution < -0.4 is 0 Å². The molecule has 2 heterocycles. The van der Waals surface area contributed by atoms with Crippen molar-refractivity contribution in [2.45, 2.75) is 37.6 Å². The summed E-state index contributed by atoms with van der Waals surface area (Å²) >= 11 is 0. The SMILES string of the molecule is O=C1c2cccnc2C(=O)N1C1(C(=O)O)CCCCC1. The third kappa shape index (κ3) is 1.57. The second kappa shape index (κ2) is 4.40. The number of imide groups is 1. The maximum Gasteiger partial charge on any atom is 0.330 e. The first-order valence-electron chi connectivity index (χ1n) is 6.65. The van der Waals surface area contributed by atoms with E-state index in [1.807, 2.05) is 0 Å². The first-order chi connectivity index (χ1) is 9.58. The van der Waals surface area contributed by atoms with Crippen LogP contribution in [0.2, 0.25) is 0 Å². The van der Waals surface area contributed by atoms with Crippen LogP contribution in [0.15, 0.2) is 18.3 Å². The predicted octanol–water partition coefficient (Wildman–Crippen LogP) is 1.47. The number of carboxylic acid groups (broad SMARTS) is 1. The normalized spacial score (nSPS) is 20.9. The molecule has 1 aromatic heterocycles. The number of aliphatic carboxylic acids is 1. The molecule has 1 aliphatic heterocycles. The Kier molecular flexibility index (Phi) is 2.81. The Morgan fingerprint density at radius 3 is 2.50 bits per heavy atom. The molecule has 0 spiro atoms. The van der Waals surface area contributed by atoms with Crippen LogP contribution >= 0.6 is 0 Å². The summed E-state index contributed by atoms with van der Waals surface area (Å²) in [6.45, 7) is 0. The quantitative estimate of drug-likeness (QED) is 0.825. The van der Waals surface area contributed by atoms with Gasteiger partial charge in [0.15, 0.2) is 0 Å². The summed E-state index contributed by atoms with van der Waals surface area (Å²) in [5, 5.41) is 9.60. The second-order valence-corrected chi connectivity index (χ2v) is 5.24. The van der Waals surface area contributed by atoms with Crippen LogP contribution in [0.5, 0.6) is 0 Å². The van der Waals surface area contributed by atoms with Gasteiger partial charge in [0.1, 0.15) is 11.2 Å². The molecule has 3 rings (SSSR count). The van der Waals surface area contributed by atoms with E-state index in [9.17, 15) is 19.5 Å². The van der Waals surface area contributed by atoms with Gasteiger partial charge in [0, 0.05) is 6.20 Å². The standard InChI is InChI=1S/C14H14N2O4/c17-11-9-5-4-8-15-10(9)12(18)16(11)14(13(19)20)6-2-1-3-7-14/h4-5,8H,1-3,6-7H2,(H,19,20). The number of amides is 2. The highest BCUT2D eigenvalue weighted by atomic mass is 16.4. The molecule has 2 aliphatic rings. The van der Waals surface area contributed by atoms with Gasteiger partial charge in [0.05, 0.1) is 5.56 Å². The average molecular weight is 274 g/mol. The minimum Gasteiger partial charge on any atom is -0.479 e. The Labute approximate surface area is 115 Å². The van der Waals surface area contributed by atoms with E-state index in [-0.39, 0.29) is 11.3 Å². The molecule has 1 N–H and O–H groups in total. The molecule has 0 bridgehead atoms. The summed E-state index contributed by atoms with van der Waals surface area (Å²) in [7, 11) is 0. The van der Waals surface area contributed by atoms with Crippen molar-refractivity contribution >= 4 is 17.8 Å². The summed E-state index contributed by atoms with van der Waals surface area (Å²) < 4.78 is 0. The van der Waals surface area contributed by atoms with Crippen molar-refractivity contribution in [3.63, 3.8) is 0 Å². The Morgan fingerprint density at radius 2 is 1.90 bits per heavy atom. The molecule has 1 fully saturated rings. The number of nitrogens with zero attached hydrogens (tertiary/aromatic N) is 2. The molecule has 104 valence electrons. The maximum atomic E-state index is 12.4. The van der Waals surface area contributed by atoms with Gasteiger partial charge in [-0.15, -0.1) is 0 Å². The molecule has 0 saturated heterocycles. The van der Waals surface area contributed by atoms with Crippen LogP contribution in [0.4, 0.5) is 0 Å². The van der Waals surface area contributed by atoms with Gasteiger partial charge in [0.25, 0.3) is 11.8 Å². The Balaban J connectivity index is 2.08. The van der Waals surface area contributed by atoms with Crippen molar-refractivity contribution in [3.05, 3.63) is 29.6 Å². The van der Waals surface area contributed by atoms with Crippen LogP contribution in [0.1, 0.15) is 53.0 Å². The maximum absolute atomic E-state index is 12.4. The van der Waals surface area contributed by atoms with Gasteiger partial charge in [0.2, 0.25) is 0 Å². The zero-order valence-electron chi connectivity index (χ0n) is 10.8. The number of hydrogen-bond acceptors (Lipinski definition) is 4. The molecule has 6 heteroatoms. The van der Waals surface area contributed by atoms with Crippen LogP contribution in [-0.4, -0.2) is 38.3 Å². The molecule has 6 nitrogen and oxygen atoms in total. The molecule has 1 saturated carbocycles. The number of pyridine rings is 1. The van der Waals surface area contributed by atoms with Crippen molar-refractivity contribution in [2.24, 2.45) is 0 Å². The van der Waals surface area contributed by atoms with E-state index in [4.69, 9.17) is 0 Å².